The molecule has 4 heterocycles. The summed E-state index contributed by atoms with van der Waals surface area (Å²) in [6.45, 7) is 1.44. The number of hydrogen-bond acceptors (Lipinski definition) is 6. The molecule has 0 spiro atoms. The minimum Gasteiger partial charge on any atom is -0.463 e. The second-order valence-corrected chi connectivity index (χ2v) is 8.92. The lowest BCUT2D eigenvalue weighted by Crippen LogP contribution is -2.45. The van der Waals surface area contributed by atoms with Crippen LogP contribution in [0.1, 0.15) is 42.0 Å². The summed E-state index contributed by atoms with van der Waals surface area (Å²) in [7, 11) is 0. The maximum atomic E-state index is 13.4. The number of hydrogen-bond donors (Lipinski definition) is 1. The van der Waals surface area contributed by atoms with E-state index in [1.54, 1.807) is 30.5 Å². The molecular weight excluding hydrogens is 440 g/mol. The van der Waals surface area contributed by atoms with Crippen LogP contribution in [0.3, 0.4) is 0 Å². The molecule has 0 radical (unpaired) electrons. The molecule has 5 rings (SSSR count). The lowest BCUT2D eigenvalue weighted by Gasteiger charge is -2.26. The SMILES string of the molecule is CC[C@@]1(c2ccccc2)NC(=O)N(CC(=O)N2N=C(c3ccco3)C[C@@H]2c2cccs2)C1=O. The van der Waals surface area contributed by atoms with Crippen LogP contribution in [0.25, 0.3) is 0 Å². The molecule has 9 heteroatoms. The number of carbonyl (C=O) groups excluding carboxylic acids is 3. The molecule has 3 aromatic rings. The molecule has 2 aromatic heterocycles. The topological polar surface area (TPSA) is 95.2 Å². The molecule has 168 valence electrons. The summed E-state index contributed by atoms with van der Waals surface area (Å²) < 4.78 is 5.48. The Labute approximate surface area is 194 Å². The molecule has 1 fully saturated rings. The Morgan fingerprint density at radius 3 is 2.67 bits per heavy atom. The number of rotatable bonds is 6. The van der Waals surface area contributed by atoms with Gasteiger partial charge in [-0.1, -0.05) is 43.3 Å². The van der Waals surface area contributed by atoms with Gasteiger partial charge in [0.1, 0.15) is 23.6 Å². The van der Waals surface area contributed by atoms with Gasteiger partial charge in [-0.3, -0.25) is 14.5 Å². The van der Waals surface area contributed by atoms with Crippen molar-refractivity contribution in [1.82, 2.24) is 15.2 Å². The summed E-state index contributed by atoms with van der Waals surface area (Å²) in [4.78, 5) is 41.6. The van der Waals surface area contributed by atoms with Crippen molar-refractivity contribution >= 4 is 34.9 Å². The Bertz CT molecular complexity index is 1210. The number of nitrogens with one attached hydrogen (secondary N) is 1. The van der Waals surface area contributed by atoms with E-state index in [9.17, 15) is 14.4 Å². The maximum Gasteiger partial charge on any atom is 0.325 e. The third-order valence-corrected chi connectivity index (χ3v) is 7.08. The zero-order chi connectivity index (χ0) is 23.0. The summed E-state index contributed by atoms with van der Waals surface area (Å²) in [5, 5.41) is 10.6. The molecule has 8 nitrogen and oxygen atoms in total. The number of urea groups is 1. The average Bonchev–Trinajstić information content (AvgIpc) is 3.63. The van der Waals surface area contributed by atoms with Crippen LogP contribution >= 0.6 is 11.3 Å². The first-order chi connectivity index (χ1) is 16.0. The van der Waals surface area contributed by atoms with Gasteiger partial charge in [-0.15, -0.1) is 11.3 Å². The van der Waals surface area contributed by atoms with Crippen LogP contribution in [0.2, 0.25) is 0 Å². The molecule has 0 unspecified atom stereocenters. The lowest BCUT2D eigenvalue weighted by molar-refractivity contribution is -0.140. The highest BCUT2D eigenvalue weighted by atomic mass is 32.1. The van der Waals surface area contributed by atoms with Crippen molar-refractivity contribution in [3.63, 3.8) is 0 Å². The highest BCUT2D eigenvalue weighted by Gasteiger charge is 2.52. The quantitative estimate of drug-likeness (QED) is 0.563. The highest BCUT2D eigenvalue weighted by molar-refractivity contribution is 7.10. The van der Waals surface area contributed by atoms with Crippen molar-refractivity contribution in [1.29, 1.82) is 0 Å². The number of thiophene rings is 1. The molecule has 0 saturated carbocycles. The van der Waals surface area contributed by atoms with E-state index in [2.05, 4.69) is 10.4 Å². The zero-order valence-electron chi connectivity index (χ0n) is 17.9. The summed E-state index contributed by atoms with van der Waals surface area (Å²) in [6, 6.07) is 15.6. The highest BCUT2D eigenvalue weighted by Crippen LogP contribution is 2.36. The molecule has 1 saturated heterocycles. The molecule has 2 aliphatic heterocycles. The molecule has 0 aliphatic carbocycles. The van der Waals surface area contributed by atoms with Gasteiger partial charge in [-0.2, -0.15) is 5.10 Å². The van der Waals surface area contributed by atoms with Gasteiger partial charge in [-0.25, -0.2) is 9.80 Å². The van der Waals surface area contributed by atoms with Crippen molar-refractivity contribution in [3.05, 3.63) is 82.4 Å². The average molecular weight is 463 g/mol. The third kappa shape index (κ3) is 3.54. The second-order valence-electron chi connectivity index (χ2n) is 7.94. The van der Waals surface area contributed by atoms with Gasteiger partial charge in [-0.05, 0) is 35.6 Å². The summed E-state index contributed by atoms with van der Waals surface area (Å²) in [6.07, 6.45) is 2.42. The Hall–Kier alpha value is -3.72. The van der Waals surface area contributed by atoms with E-state index in [0.29, 0.717) is 29.9 Å². The Morgan fingerprint density at radius 1 is 1.18 bits per heavy atom. The lowest BCUT2D eigenvalue weighted by atomic mass is 9.87. The summed E-state index contributed by atoms with van der Waals surface area (Å²) in [5.41, 5.74) is 0.159. The first-order valence-electron chi connectivity index (χ1n) is 10.7. The Morgan fingerprint density at radius 2 is 2.00 bits per heavy atom. The van der Waals surface area contributed by atoms with E-state index in [1.807, 2.05) is 42.6 Å². The first kappa shape index (κ1) is 21.1. The molecular formula is C24H22N4O4S. The van der Waals surface area contributed by atoms with E-state index >= 15 is 0 Å². The van der Waals surface area contributed by atoms with E-state index in [-0.39, 0.29) is 6.04 Å². The summed E-state index contributed by atoms with van der Waals surface area (Å²) in [5.74, 6) is -0.272. The van der Waals surface area contributed by atoms with Crippen LogP contribution in [0.5, 0.6) is 0 Å². The molecule has 0 bridgehead atoms. The van der Waals surface area contributed by atoms with Gasteiger partial charge < -0.3 is 9.73 Å². The maximum absolute atomic E-state index is 13.4. The molecule has 2 atom stereocenters. The van der Waals surface area contributed by atoms with Crippen molar-refractivity contribution in [2.75, 3.05) is 6.54 Å². The van der Waals surface area contributed by atoms with E-state index in [0.717, 1.165) is 9.78 Å². The normalized spacial score (nSPS) is 22.6. The van der Waals surface area contributed by atoms with Gasteiger partial charge in [0.2, 0.25) is 0 Å². The predicted molar refractivity (Wildman–Crippen MR) is 122 cm³/mol. The van der Waals surface area contributed by atoms with E-state index in [1.165, 1.54) is 16.3 Å². The predicted octanol–water partition coefficient (Wildman–Crippen LogP) is 3.88. The van der Waals surface area contributed by atoms with Crippen molar-refractivity contribution in [2.45, 2.75) is 31.3 Å². The van der Waals surface area contributed by atoms with Crippen molar-refractivity contribution in [2.24, 2.45) is 5.10 Å². The van der Waals surface area contributed by atoms with Crippen LogP contribution < -0.4 is 5.32 Å². The van der Waals surface area contributed by atoms with Crippen molar-refractivity contribution < 1.29 is 18.8 Å². The van der Waals surface area contributed by atoms with E-state index < -0.39 is 29.9 Å². The minimum absolute atomic E-state index is 0.316. The molecule has 2 aliphatic rings. The van der Waals surface area contributed by atoms with Gasteiger partial charge in [0, 0.05) is 11.3 Å². The van der Waals surface area contributed by atoms with Crippen LogP contribution in [0.15, 0.2) is 75.8 Å². The third-order valence-electron chi connectivity index (χ3n) is 6.11. The minimum atomic E-state index is -1.18. The van der Waals surface area contributed by atoms with Gasteiger partial charge in [0.15, 0.2) is 0 Å². The molecule has 1 aromatic carbocycles. The standard InChI is InChI=1S/C24H22N4O4S/c1-2-24(16-8-4-3-5-9-16)22(30)27(23(31)25-24)15-21(29)28-18(20-11-7-13-33-20)14-17(26-28)19-10-6-12-32-19/h3-13,18H,2,14-15H2,1H3,(H,25,31)/t18-,24+/m1/s1. The Balaban J connectivity index is 1.42. The van der Waals surface area contributed by atoms with E-state index in [4.69, 9.17) is 4.42 Å². The fourth-order valence-corrected chi connectivity index (χ4v) is 5.19. The number of amides is 4. The number of hydrazone groups is 1. The number of carbonyl (C=O) groups is 3. The Kier molecular flexibility index (Phi) is 5.33. The zero-order valence-corrected chi connectivity index (χ0v) is 18.7. The monoisotopic (exact) mass is 462 g/mol. The smallest absolute Gasteiger partial charge is 0.325 e. The fourth-order valence-electron chi connectivity index (χ4n) is 4.37. The number of imide groups is 1. The summed E-state index contributed by atoms with van der Waals surface area (Å²) >= 11 is 1.53. The van der Waals surface area contributed by atoms with Gasteiger partial charge >= 0.3 is 6.03 Å². The second kappa shape index (κ2) is 8.32. The van der Waals surface area contributed by atoms with Gasteiger partial charge in [0.25, 0.3) is 11.8 Å². The number of furan rings is 1. The molecule has 4 amide bonds. The van der Waals surface area contributed by atoms with Crippen LogP contribution in [0, 0.1) is 0 Å². The van der Waals surface area contributed by atoms with Crippen LogP contribution in [-0.4, -0.2) is 40.0 Å². The van der Waals surface area contributed by atoms with Crippen LogP contribution in [-0.2, 0) is 15.1 Å². The molecule has 33 heavy (non-hydrogen) atoms. The molecule has 1 N–H and O–H groups in total. The number of benzene rings is 1. The first-order valence-corrected chi connectivity index (χ1v) is 11.6. The van der Waals surface area contributed by atoms with Gasteiger partial charge in [0.05, 0.1) is 12.3 Å². The largest absolute Gasteiger partial charge is 0.463 e. The van der Waals surface area contributed by atoms with Crippen molar-refractivity contribution in [3.8, 4) is 0 Å². The van der Waals surface area contributed by atoms with Crippen LogP contribution in [0.4, 0.5) is 4.79 Å². The fraction of sp³-hybridized carbons (Fsp3) is 0.250. The number of nitrogens with zero attached hydrogens (tertiary/aromatic N) is 3.